The average Bonchev–Trinajstić information content (AvgIpc) is 2.90. The molecule has 166 valence electrons. The van der Waals surface area contributed by atoms with Crippen LogP contribution in [0.4, 0.5) is 17.1 Å². The third-order valence-electron chi connectivity index (χ3n) is 6.00. The van der Waals surface area contributed by atoms with Crippen LogP contribution in [-0.4, -0.2) is 0 Å². The summed E-state index contributed by atoms with van der Waals surface area (Å²) in [5.74, 6) is 0. The van der Waals surface area contributed by atoms with Gasteiger partial charge in [0.15, 0.2) is 0 Å². The highest BCUT2D eigenvalue weighted by Gasteiger charge is 2.13. The number of hydrogen-bond donors (Lipinski definition) is 0. The van der Waals surface area contributed by atoms with Crippen molar-refractivity contribution < 1.29 is 0 Å². The first-order valence-corrected chi connectivity index (χ1v) is 11.7. The number of para-hydroxylation sites is 1. The Balaban J connectivity index is 1.66. The van der Waals surface area contributed by atoms with Gasteiger partial charge in [0.05, 0.1) is 11.1 Å². The summed E-state index contributed by atoms with van der Waals surface area (Å²) < 4.78 is 0. The van der Waals surface area contributed by atoms with Crippen molar-refractivity contribution in [3.63, 3.8) is 0 Å². The highest BCUT2D eigenvalue weighted by molar-refractivity contribution is 5.78. The highest BCUT2D eigenvalue weighted by atomic mass is 15.1. The third kappa shape index (κ3) is 5.17. The maximum absolute atomic E-state index is 9.36. The van der Waals surface area contributed by atoms with Crippen LogP contribution in [0.25, 0.3) is 11.1 Å². The molecule has 0 aliphatic heterocycles. The van der Waals surface area contributed by atoms with Gasteiger partial charge in [-0.15, -0.1) is 0 Å². The van der Waals surface area contributed by atoms with E-state index >= 15 is 0 Å². The van der Waals surface area contributed by atoms with Crippen LogP contribution in [0.2, 0.25) is 0 Å². The minimum absolute atomic E-state index is 0.397. The summed E-state index contributed by atoms with van der Waals surface area (Å²) in [6.07, 6.45) is 4.83. The number of unbranched alkanes of at least 4 members (excludes halogenated alkanes) is 2. The third-order valence-corrected chi connectivity index (χ3v) is 6.00. The van der Waals surface area contributed by atoms with E-state index in [9.17, 15) is 10.5 Å². The molecule has 0 atom stereocenters. The predicted octanol–water partition coefficient (Wildman–Crippen LogP) is 8.30. The Kier molecular flexibility index (Phi) is 7.39. The van der Waals surface area contributed by atoms with Crippen molar-refractivity contribution in [1.29, 1.82) is 10.5 Å². The first-order chi connectivity index (χ1) is 16.7. The van der Waals surface area contributed by atoms with E-state index in [1.54, 1.807) is 12.1 Å². The summed E-state index contributed by atoms with van der Waals surface area (Å²) in [7, 11) is 0. The fourth-order valence-corrected chi connectivity index (χ4v) is 4.13. The first-order valence-electron chi connectivity index (χ1n) is 11.7. The molecule has 4 aromatic carbocycles. The molecule has 0 spiro atoms. The molecule has 34 heavy (non-hydrogen) atoms. The second-order valence-electron chi connectivity index (χ2n) is 8.33. The SMILES string of the molecule is CCCCCc1ccc(N(c2ccccc2)c2ccc(-c3ccc(C#N)c(C#N)c3)cc2)cc1. The van der Waals surface area contributed by atoms with E-state index in [0.29, 0.717) is 11.1 Å². The van der Waals surface area contributed by atoms with Gasteiger partial charge >= 0.3 is 0 Å². The zero-order chi connectivity index (χ0) is 23.8. The second kappa shape index (κ2) is 11.0. The molecular weight excluding hydrogens is 414 g/mol. The van der Waals surface area contributed by atoms with Crippen LogP contribution >= 0.6 is 0 Å². The van der Waals surface area contributed by atoms with E-state index in [1.165, 1.54) is 24.8 Å². The van der Waals surface area contributed by atoms with Crippen LogP contribution in [0.1, 0.15) is 42.9 Å². The molecule has 0 radical (unpaired) electrons. The molecule has 3 heteroatoms. The number of hydrogen-bond acceptors (Lipinski definition) is 3. The van der Waals surface area contributed by atoms with Crippen molar-refractivity contribution in [1.82, 2.24) is 0 Å². The van der Waals surface area contributed by atoms with E-state index in [1.807, 2.05) is 12.1 Å². The van der Waals surface area contributed by atoms with Crippen LogP contribution in [0.5, 0.6) is 0 Å². The summed E-state index contributed by atoms with van der Waals surface area (Å²) in [5, 5.41) is 18.6. The number of aryl methyl sites for hydroxylation is 1. The maximum atomic E-state index is 9.36. The molecule has 0 fully saturated rings. The van der Waals surface area contributed by atoms with Crippen LogP contribution < -0.4 is 4.90 Å². The maximum Gasteiger partial charge on any atom is 0.101 e. The van der Waals surface area contributed by atoms with Gasteiger partial charge in [0.25, 0.3) is 0 Å². The van der Waals surface area contributed by atoms with Gasteiger partial charge in [-0.05, 0) is 78.1 Å². The van der Waals surface area contributed by atoms with Crippen LogP contribution in [0.3, 0.4) is 0 Å². The molecule has 0 saturated heterocycles. The largest absolute Gasteiger partial charge is 0.311 e. The number of anilines is 3. The van der Waals surface area contributed by atoms with E-state index in [0.717, 1.165) is 34.6 Å². The minimum Gasteiger partial charge on any atom is -0.311 e. The summed E-state index contributed by atoms with van der Waals surface area (Å²) >= 11 is 0. The second-order valence-corrected chi connectivity index (χ2v) is 8.33. The van der Waals surface area contributed by atoms with Crippen LogP contribution in [0, 0.1) is 22.7 Å². The van der Waals surface area contributed by atoms with Crippen molar-refractivity contribution in [2.24, 2.45) is 0 Å². The molecule has 0 heterocycles. The Morgan fingerprint density at radius 3 is 1.82 bits per heavy atom. The topological polar surface area (TPSA) is 50.8 Å². The van der Waals surface area contributed by atoms with Crippen molar-refractivity contribution in [2.45, 2.75) is 32.6 Å². The molecule has 0 N–H and O–H groups in total. The Morgan fingerprint density at radius 1 is 0.618 bits per heavy atom. The lowest BCUT2D eigenvalue weighted by Crippen LogP contribution is -2.09. The van der Waals surface area contributed by atoms with Gasteiger partial charge in [0, 0.05) is 17.1 Å². The predicted molar refractivity (Wildman–Crippen MR) is 139 cm³/mol. The van der Waals surface area contributed by atoms with E-state index in [-0.39, 0.29) is 0 Å². The molecule has 3 nitrogen and oxygen atoms in total. The molecule has 0 amide bonds. The highest BCUT2D eigenvalue weighted by Crippen LogP contribution is 2.35. The smallest absolute Gasteiger partial charge is 0.101 e. The fraction of sp³-hybridized carbons (Fsp3) is 0.161. The molecule has 0 bridgehead atoms. The van der Waals surface area contributed by atoms with Crippen molar-refractivity contribution in [3.05, 3.63) is 114 Å². The number of nitrogens with zero attached hydrogens (tertiary/aromatic N) is 3. The van der Waals surface area contributed by atoms with Gasteiger partial charge in [0.1, 0.15) is 12.1 Å². The van der Waals surface area contributed by atoms with Gasteiger partial charge in [-0.3, -0.25) is 0 Å². The average molecular weight is 442 g/mol. The van der Waals surface area contributed by atoms with Crippen LogP contribution in [-0.2, 0) is 6.42 Å². The van der Waals surface area contributed by atoms with Gasteiger partial charge in [-0.25, -0.2) is 0 Å². The fourth-order valence-electron chi connectivity index (χ4n) is 4.13. The number of benzene rings is 4. The quantitative estimate of drug-likeness (QED) is 0.258. The summed E-state index contributed by atoms with van der Waals surface area (Å²) in [6.45, 7) is 2.23. The van der Waals surface area contributed by atoms with E-state index < -0.39 is 0 Å². The summed E-state index contributed by atoms with van der Waals surface area (Å²) in [6, 6.07) is 37.1. The molecule has 0 aliphatic rings. The molecule has 0 unspecified atom stereocenters. The Morgan fingerprint density at radius 2 is 1.21 bits per heavy atom. The van der Waals surface area contributed by atoms with Crippen molar-refractivity contribution in [3.8, 4) is 23.3 Å². The van der Waals surface area contributed by atoms with E-state index in [2.05, 4.69) is 96.8 Å². The minimum atomic E-state index is 0.397. The van der Waals surface area contributed by atoms with Crippen LogP contribution in [0.15, 0.2) is 97.1 Å². The molecule has 4 rings (SSSR count). The zero-order valence-electron chi connectivity index (χ0n) is 19.4. The molecule has 0 aliphatic carbocycles. The van der Waals surface area contributed by atoms with Gasteiger partial charge in [0.2, 0.25) is 0 Å². The van der Waals surface area contributed by atoms with Crippen molar-refractivity contribution >= 4 is 17.1 Å². The first kappa shape index (κ1) is 22.8. The molecule has 0 saturated carbocycles. The lowest BCUT2D eigenvalue weighted by atomic mass is 9.99. The standard InChI is InChI=1S/C31H27N3/c1-2-3-5-8-24-11-17-30(18-12-24)34(29-9-6-4-7-10-29)31-19-15-25(16-20-31)26-13-14-27(22-32)28(21-26)23-33/h4,6-7,9-21H,2-3,5,8H2,1H3. The number of rotatable bonds is 8. The van der Waals surface area contributed by atoms with Gasteiger partial charge in [-0.1, -0.05) is 68.3 Å². The summed E-state index contributed by atoms with van der Waals surface area (Å²) in [5.41, 5.74) is 7.36. The molecule has 4 aromatic rings. The normalized spacial score (nSPS) is 10.3. The number of nitriles is 2. The molecular formula is C31H27N3. The van der Waals surface area contributed by atoms with Gasteiger partial charge < -0.3 is 4.90 Å². The van der Waals surface area contributed by atoms with Gasteiger partial charge in [-0.2, -0.15) is 10.5 Å². The van der Waals surface area contributed by atoms with E-state index in [4.69, 9.17) is 0 Å². The lowest BCUT2D eigenvalue weighted by molar-refractivity contribution is 0.717. The summed E-state index contributed by atoms with van der Waals surface area (Å²) in [4.78, 5) is 2.25. The Hall–Kier alpha value is -4.34. The Bertz CT molecular complexity index is 1310. The zero-order valence-corrected chi connectivity index (χ0v) is 19.4. The van der Waals surface area contributed by atoms with Crippen molar-refractivity contribution in [2.75, 3.05) is 4.90 Å². The lowest BCUT2D eigenvalue weighted by Gasteiger charge is -2.26. The Labute approximate surface area is 202 Å². The molecule has 0 aromatic heterocycles. The monoisotopic (exact) mass is 441 g/mol.